The topological polar surface area (TPSA) is 56.2 Å². The van der Waals surface area contributed by atoms with E-state index in [1.807, 2.05) is 19.1 Å². The van der Waals surface area contributed by atoms with E-state index in [1.54, 1.807) is 0 Å². The van der Waals surface area contributed by atoms with Crippen LogP contribution in [0.1, 0.15) is 30.5 Å². The molecule has 2 aromatic rings. The minimum atomic E-state index is -0.301. The highest BCUT2D eigenvalue weighted by atomic mass is 16.4. The maximum Gasteiger partial charge on any atom is 0.341 e. The lowest BCUT2D eigenvalue weighted by Gasteiger charge is -2.11. The van der Waals surface area contributed by atoms with Crippen molar-refractivity contribution in [3.63, 3.8) is 0 Å². The molecule has 3 heteroatoms. The average Bonchev–Trinajstić information content (AvgIpc) is 2.36. The lowest BCUT2D eigenvalue weighted by molar-refractivity contribution is 0.547. The zero-order valence-electron chi connectivity index (χ0n) is 10.2. The van der Waals surface area contributed by atoms with Crippen molar-refractivity contribution in [3.8, 4) is 0 Å². The highest BCUT2D eigenvalue weighted by Gasteiger charge is 2.13. The van der Waals surface area contributed by atoms with Gasteiger partial charge in [-0.15, -0.1) is 0 Å². The first kappa shape index (κ1) is 11.9. The van der Waals surface area contributed by atoms with Crippen molar-refractivity contribution in [2.45, 2.75) is 33.2 Å². The maximum atomic E-state index is 11.8. The lowest BCUT2D eigenvalue weighted by atomic mass is 9.97. The Bertz CT molecular complexity index is 599. The van der Waals surface area contributed by atoms with Crippen molar-refractivity contribution in [2.75, 3.05) is 0 Å². The number of nitrogens with two attached hydrogens (primary N) is 1. The molecule has 0 saturated carbocycles. The van der Waals surface area contributed by atoms with Crippen LogP contribution in [0.15, 0.2) is 27.4 Å². The molecule has 0 fully saturated rings. The summed E-state index contributed by atoms with van der Waals surface area (Å²) in [7, 11) is 0. The summed E-state index contributed by atoms with van der Waals surface area (Å²) in [5, 5.41) is 1.07. The fourth-order valence-electron chi connectivity index (χ4n) is 2.33. The molecule has 90 valence electrons. The largest absolute Gasteiger partial charge is 0.422 e. The van der Waals surface area contributed by atoms with E-state index in [1.165, 1.54) is 5.56 Å². The molecule has 0 aliphatic heterocycles. The van der Waals surface area contributed by atoms with Gasteiger partial charge < -0.3 is 10.2 Å². The number of hydrogen-bond donors (Lipinski definition) is 1. The van der Waals surface area contributed by atoms with Gasteiger partial charge in [0.1, 0.15) is 5.58 Å². The monoisotopic (exact) mass is 231 g/mol. The van der Waals surface area contributed by atoms with Crippen molar-refractivity contribution in [3.05, 3.63) is 45.3 Å². The van der Waals surface area contributed by atoms with Crippen LogP contribution in [0.25, 0.3) is 11.0 Å². The third kappa shape index (κ3) is 1.87. The van der Waals surface area contributed by atoms with Crippen LogP contribution in [0.3, 0.4) is 0 Å². The van der Waals surface area contributed by atoms with Crippen molar-refractivity contribution in [2.24, 2.45) is 5.73 Å². The van der Waals surface area contributed by atoms with E-state index in [0.29, 0.717) is 11.1 Å². The quantitative estimate of drug-likeness (QED) is 0.825. The molecule has 3 nitrogen and oxygen atoms in total. The molecule has 0 radical (unpaired) electrons. The summed E-state index contributed by atoms with van der Waals surface area (Å²) in [6.45, 7) is 4.38. The molecule has 0 amide bonds. The highest BCUT2D eigenvalue weighted by molar-refractivity contribution is 5.85. The van der Waals surface area contributed by atoms with Crippen LogP contribution in [0.2, 0.25) is 0 Å². The van der Waals surface area contributed by atoms with Gasteiger partial charge in [-0.05, 0) is 30.0 Å². The number of aryl methyl sites for hydroxylation is 2. The second-order valence-corrected chi connectivity index (χ2v) is 4.05. The van der Waals surface area contributed by atoms with Crippen LogP contribution in [-0.2, 0) is 19.4 Å². The van der Waals surface area contributed by atoms with Crippen LogP contribution in [0, 0.1) is 0 Å². The van der Waals surface area contributed by atoms with E-state index < -0.39 is 0 Å². The zero-order chi connectivity index (χ0) is 12.4. The molecule has 1 aromatic heterocycles. The second kappa shape index (κ2) is 4.72. The van der Waals surface area contributed by atoms with E-state index in [4.69, 9.17) is 10.2 Å². The number of fused-ring (bicyclic) bond motifs is 1. The summed E-state index contributed by atoms with van der Waals surface area (Å²) < 4.78 is 5.33. The van der Waals surface area contributed by atoms with Gasteiger partial charge in [-0.2, -0.15) is 0 Å². The van der Waals surface area contributed by atoms with E-state index in [9.17, 15) is 4.79 Å². The Morgan fingerprint density at radius 2 is 1.94 bits per heavy atom. The Labute approximate surface area is 100 Å². The Hall–Kier alpha value is -1.61. The molecule has 0 unspecified atom stereocenters. The summed E-state index contributed by atoms with van der Waals surface area (Å²) in [6, 6.07) is 5.84. The van der Waals surface area contributed by atoms with Crippen molar-refractivity contribution >= 4 is 11.0 Å². The van der Waals surface area contributed by atoms with E-state index >= 15 is 0 Å². The normalized spacial score (nSPS) is 11.0. The number of benzene rings is 1. The summed E-state index contributed by atoms with van der Waals surface area (Å²) in [5.74, 6) is 0. The second-order valence-electron chi connectivity index (χ2n) is 4.05. The molecule has 1 heterocycles. The molecule has 2 N–H and O–H groups in total. The molecule has 2 rings (SSSR count). The molecule has 1 aromatic carbocycles. The summed E-state index contributed by atoms with van der Waals surface area (Å²) in [4.78, 5) is 11.8. The van der Waals surface area contributed by atoms with Crippen LogP contribution < -0.4 is 11.4 Å². The SMILES string of the molecule is CCc1cccc2oc(=O)c(CN)c(CC)c12. The molecule has 0 saturated heterocycles. The van der Waals surface area contributed by atoms with E-state index in [2.05, 4.69) is 13.0 Å². The molecule has 0 atom stereocenters. The van der Waals surface area contributed by atoms with E-state index in [0.717, 1.165) is 23.8 Å². The highest BCUT2D eigenvalue weighted by Crippen LogP contribution is 2.24. The average molecular weight is 231 g/mol. The smallest absolute Gasteiger partial charge is 0.341 e. The first-order valence-electron chi connectivity index (χ1n) is 5.99. The Morgan fingerprint density at radius 1 is 1.18 bits per heavy atom. The fraction of sp³-hybridized carbons (Fsp3) is 0.357. The minimum absolute atomic E-state index is 0.236. The van der Waals surface area contributed by atoms with Gasteiger partial charge in [-0.3, -0.25) is 0 Å². The third-order valence-electron chi connectivity index (χ3n) is 3.17. The maximum absolute atomic E-state index is 11.8. The van der Waals surface area contributed by atoms with Gasteiger partial charge in [0.15, 0.2) is 0 Å². The van der Waals surface area contributed by atoms with Crippen LogP contribution >= 0.6 is 0 Å². The van der Waals surface area contributed by atoms with Gasteiger partial charge in [0.05, 0.1) is 5.56 Å². The first-order chi connectivity index (χ1) is 8.22. The summed E-state index contributed by atoms with van der Waals surface area (Å²) >= 11 is 0. The Balaban J connectivity index is 2.95. The lowest BCUT2D eigenvalue weighted by Crippen LogP contribution is -2.16. The zero-order valence-corrected chi connectivity index (χ0v) is 10.2. The standard InChI is InChI=1S/C14H17NO2/c1-3-9-6-5-7-12-13(9)10(4-2)11(8-15)14(16)17-12/h5-7H,3-4,8,15H2,1-2H3. The summed E-state index contributed by atoms with van der Waals surface area (Å²) in [6.07, 6.45) is 1.72. The van der Waals surface area contributed by atoms with Gasteiger partial charge >= 0.3 is 5.63 Å². The van der Waals surface area contributed by atoms with Crippen molar-refractivity contribution in [1.29, 1.82) is 0 Å². The summed E-state index contributed by atoms with van der Waals surface area (Å²) in [5.41, 5.74) is 8.87. The molecule has 0 aliphatic rings. The van der Waals surface area contributed by atoms with Gasteiger partial charge in [-0.25, -0.2) is 4.79 Å². The Kier molecular flexibility index (Phi) is 3.29. The van der Waals surface area contributed by atoms with Crippen LogP contribution in [0.5, 0.6) is 0 Å². The van der Waals surface area contributed by atoms with Crippen LogP contribution in [-0.4, -0.2) is 0 Å². The fourth-order valence-corrected chi connectivity index (χ4v) is 2.33. The predicted molar refractivity (Wildman–Crippen MR) is 69.1 cm³/mol. The van der Waals surface area contributed by atoms with Crippen LogP contribution in [0.4, 0.5) is 0 Å². The van der Waals surface area contributed by atoms with Gasteiger partial charge in [-0.1, -0.05) is 26.0 Å². The van der Waals surface area contributed by atoms with Gasteiger partial charge in [0.2, 0.25) is 0 Å². The molecular formula is C14H17NO2. The van der Waals surface area contributed by atoms with E-state index in [-0.39, 0.29) is 12.2 Å². The third-order valence-corrected chi connectivity index (χ3v) is 3.17. The van der Waals surface area contributed by atoms with Gasteiger partial charge in [0, 0.05) is 11.9 Å². The first-order valence-corrected chi connectivity index (χ1v) is 5.99. The van der Waals surface area contributed by atoms with Crippen molar-refractivity contribution < 1.29 is 4.42 Å². The molecule has 0 spiro atoms. The number of rotatable bonds is 3. The molecule has 17 heavy (non-hydrogen) atoms. The van der Waals surface area contributed by atoms with Gasteiger partial charge in [0.25, 0.3) is 0 Å². The molecule has 0 bridgehead atoms. The Morgan fingerprint density at radius 3 is 2.53 bits per heavy atom. The molecular weight excluding hydrogens is 214 g/mol. The predicted octanol–water partition coefficient (Wildman–Crippen LogP) is 2.38. The molecule has 0 aliphatic carbocycles. The minimum Gasteiger partial charge on any atom is -0.422 e. The number of hydrogen-bond acceptors (Lipinski definition) is 3. The van der Waals surface area contributed by atoms with Crippen molar-refractivity contribution in [1.82, 2.24) is 0 Å².